The van der Waals surface area contributed by atoms with Crippen LogP contribution in [0.15, 0.2) is 66.7 Å². The number of hydrogen-bond donors (Lipinski definition) is 2. The van der Waals surface area contributed by atoms with Crippen LogP contribution < -0.4 is 10.1 Å². The highest BCUT2D eigenvalue weighted by molar-refractivity contribution is 5.85. The van der Waals surface area contributed by atoms with Gasteiger partial charge in [0.05, 0.1) is 6.42 Å². The van der Waals surface area contributed by atoms with Gasteiger partial charge in [-0.15, -0.1) is 0 Å². The zero-order valence-corrected chi connectivity index (χ0v) is 14.9. The number of carbonyl (C=O) groups is 2. The van der Waals surface area contributed by atoms with Gasteiger partial charge in [-0.05, 0) is 22.4 Å². The molecule has 3 rings (SSSR count). The monoisotopic (exact) mass is 363 g/mol. The van der Waals surface area contributed by atoms with Crippen LogP contribution in [0.3, 0.4) is 0 Å². The highest BCUT2D eigenvalue weighted by Crippen LogP contribution is 2.23. The molecule has 3 aromatic carbocycles. The van der Waals surface area contributed by atoms with Gasteiger partial charge >= 0.3 is 5.97 Å². The van der Waals surface area contributed by atoms with Crippen molar-refractivity contribution in [3.05, 3.63) is 77.9 Å². The number of carbonyl (C=O) groups excluding carboxylic acids is 1. The van der Waals surface area contributed by atoms with E-state index in [-0.39, 0.29) is 18.7 Å². The first-order chi connectivity index (χ1) is 13.1. The Kier molecular flexibility index (Phi) is 6.05. The van der Waals surface area contributed by atoms with Crippen LogP contribution in [-0.2, 0) is 22.7 Å². The molecule has 0 aliphatic rings. The number of amides is 1. The molecular formula is C22H21NO4. The lowest BCUT2D eigenvalue weighted by Crippen LogP contribution is -2.23. The van der Waals surface area contributed by atoms with Gasteiger partial charge in [-0.1, -0.05) is 60.7 Å². The molecule has 0 spiro atoms. The molecule has 138 valence electrons. The van der Waals surface area contributed by atoms with Gasteiger partial charge in [0.1, 0.15) is 12.4 Å². The minimum atomic E-state index is -0.982. The summed E-state index contributed by atoms with van der Waals surface area (Å²) in [5.74, 6) is -0.575. The Balaban J connectivity index is 1.65. The number of benzene rings is 3. The van der Waals surface area contributed by atoms with Gasteiger partial charge < -0.3 is 15.2 Å². The van der Waals surface area contributed by atoms with Crippen molar-refractivity contribution < 1.29 is 19.4 Å². The lowest BCUT2D eigenvalue weighted by molar-refractivity contribution is -0.138. The third-order valence-electron chi connectivity index (χ3n) is 4.28. The number of rotatable bonds is 8. The van der Waals surface area contributed by atoms with Crippen LogP contribution in [0.2, 0.25) is 0 Å². The van der Waals surface area contributed by atoms with Gasteiger partial charge in [0.2, 0.25) is 5.91 Å². The van der Waals surface area contributed by atoms with Crippen LogP contribution in [0.25, 0.3) is 10.8 Å². The summed E-state index contributed by atoms with van der Waals surface area (Å²) in [6.45, 7) is 0.718. The van der Waals surface area contributed by atoms with Crippen LogP contribution in [-0.4, -0.2) is 17.0 Å². The Bertz CT molecular complexity index is 946. The maximum atomic E-state index is 11.7. The summed E-state index contributed by atoms with van der Waals surface area (Å²) in [4.78, 5) is 22.3. The molecule has 0 atom stereocenters. The average molecular weight is 363 g/mol. The topological polar surface area (TPSA) is 75.6 Å². The van der Waals surface area contributed by atoms with Crippen LogP contribution in [0.1, 0.15) is 24.0 Å². The van der Waals surface area contributed by atoms with Gasteiger partial charge in [0.15, 0.2) is 0 Å². The van der Waals surface area contributed by atoms with E-state index in [1.54, 1.807) is 0 Å². The largest absolute Gasteiger partial charge is 0.489 e. The normalized spacial score (nSPS) is 10.5. The number of hydrogen-bond acceptors (Lipinski definition) is 3. The summed E-state index contributed by atoms with van der Waals surface area (Å²) in [7, 11) is 0. The van der Waals surface area contributed by atoms with Crippen molar-refractivity contribution in [2.75, 3.05) is 0 Å². The fraction of sp³-hybridized carbons (Fsp3) is 0.182. The summed E-state index contributed by atoms with van der Waals surface area (Å²) in [6, 6.07) is 21.8. The second-order valence-electron chi connectivity index (χ2n) is 6.21. The van der Waals surface area contributed by atoms with E-state index in [2.05, 4.69) is 23.5 Å². The van der Waals surface area contributed by atoms with E-state index in [0.29, 0.717) is 18.9 Å². The third-order valence-corrected chi connectivity index (χ3v) is 4.28. The summed E-state index contributed by atoms with van der Waals surface area (Å²) in [5, 5.41) is 13.7. The van der Waals surface area contributed by atoms with E-state index >= 15 is 0 Å². The minimum absolute atomic E-state index is 0.0334. The van der Waals surface area contributed by atoms with E-state index in [1.165, 1.54) is 0 Å². The van der Waals surface area contributed by atoms with Gasteiger partial charge in [-0.3, -0.25) is 9.59 Å². The van der Waals surface area contributed by atoms with Gasteiger partial charge in [-0.2, -0.15) is 0 Å². The Hall–Kier alpha value is -3.34. The van der Waals surface area contributed by atoms with Crippen LogP contribution >= 0.6 is 0 Å². The second-order valence-corrected chi connectivity index (χ2v) is 6.21. The molecule has 27 heavy (non-hydrogen) atoms. The smallest absolute Gasteiger partial charge is 0.303 e. The van der Waals surface area contributed by atoms with E-state index in [4.69, 9.17) is 9.84 Å². The van der Waals surface area contributed by atoms with Crippen molar-refractivity contribution >= 4 is 22.6 Å². The molecule has 0 unspecified atom stereocenters. The lowest BCUT2D eigenvalue weighted by Gasteiger charge is -2.13. The molecule has 0 radical (unpaired) electrons. The van der Waals surface area contributed by atoms with Gasteiger partial charge in [0, 0.05) is 18.5 Å². The van der Waals surface area contributed by atoms with E-state index < -0.39 is 5.97 Å². The van der Waals surface area contributed by atoms with E-state index in [9.17, 15) is 9.59 Å². The lowest BCUT2D eigenvalue weighted by atomic mass is 10.1. The maximum absolute atomic E-state index is 11.7. The van der Waals surface area contributed by atoms with E-state index in [1.807, 2.05) is 48.5 Å². The van der Waals surface area contributed by atoms with Crippen LogP contribution in [0.5, 0.6) is 5.75 Å². The zero-order chi connectivity index (χ0) is 19.1. The molecule has 0 bridgehead atoms. The number of fused-ring (bicyclic) bond motifs is 1. The molecule has 0 aliphatic carbocycles. The number of ether oxygens (including phenoxy) is 1. The Morgan fingerprint density at radius 3 is 2.41 bits per heavy atom. The molecule has 1 amide bonds. The van der Waals surface area contributed by atoms with Crippen molar-refractivity contribution in [1.82, 2.24) is 5.32 Å². The number of para-hydroxylation sites is 1. The number of aliphatic carboxylic acids is 1. The fourth-order valence-electron chi connectivity index (χ4n) is 2.87. The van der Waals surface area contributed by atoms with Crippen molar-refractivity contribution in [2.45, 2.75) is 26.0 Å². The van der Waals surface area contributed by atoms with E-state index in [0.717, 1.165) is 21.9 Å². The Morgan fingerprint density at radius 1 is 0.852 bits per heavy atom. The molecule has 0 saturated carbocycles. The Morgan fingerprint density at radius 2 is 1.56 bits per heavy atom. The van der Waals surface area contributed by atoms with Gasteiger partial charge in [-0.25, -0.2) is 0 Å². The average Bonchev–Trinajstić information content (AvgIpc) is 2.69. The predicted molar refractivity (Wildman–Crippen MR) is 103 cm³/mol. The SMILES string of the molecule is O=C(O)CCC(=O)NCc1ccccc1OCc1cccc2ccccc12. The Labute approximate surface area is 157 Å². The minimum Gasteiger partial charge on any atom is -0.489 e. The second kappa shape index (κ2) is 8.85. The van der Waals surface area contributed by atoms with Crippen LogP contribution in [0, 0.1) is 0 Å². The first-order valence-electron chi connectivity index (χ1n) is 8.79. The maximum Gasteiger partial charge on any atom is 0.303 e. The summed E-state index contributed by atoms with van der Waals surface area (Å²) in [6.07, 6.45) is -0.209. The van der Waals surface area contributed by atoms with Crippen molar-refractivity contribution in [2.24, 2.45) is 0 Å². The molecule has 5 heteroatoms. The van der Waals surface area contributed by atoms with Gasteiger partial charge in [0.25, 0.3) is 0 Å². The molecular weight excluding hydrogens is 342 g/mol. The molecule has 3 aromatic rings. The predicted octanol–water partition coefficient (Wildman–Crippen LogP) is 3.90. The summed E-state index contributed by atoms with van der Waals surface area (Å²) in [5.41, 5.74) is 1.94. The van der Waals surface area contributed by atoms with Crippen LogP contribution in [0.4, 0.5) is 0 Å². The fourth-order valence-corrected chi connectivity index (χ4v) is 2.87. The molecule has 2 N–H and O–H groups in total. The number of carboxylic acids is 1. The zero-order valence-electron chi connectivity index (χ0n) is 14.9. The number of carboxylic acid groups (broad SMARTS) is 1. The molecule has 0 heterocycles. The molecule has 5 nitrogen and oxygen atoms in total. The molecule has 0 fully saturated rings. The first kappa shape index (κ1) is 18.5. The number of nitrogens with one attached hydrogen (secondary N) is 1. The quantitative estimate of drug-likeness (QED) is 0.636. The first-order valence-corrected chi connectivity index (χ1v) is 8.79. The standard InChI is InChI=1S/C22H21NO4/c24-21(12-13-22(25)26)23-14-17-7-2-4-11-20(17)27-15-18-9-5-8-16-6-1-3-10-19(16)18/h1-11H,12-15H2,(H,23,24)(H,25,26). The summed E-state index contributed by atoms with van der Waals surface area (Å²) < 4.78 is 6.02. The van der Waals surface area contributed by atoms with Crippen molar-refractivity contribution in [1.29, 1.82) is 0 Å². The van der Waals surface area contributed by atoms with Crippen molar-refractivity contribution in [3.8, 4) is 5.75 Å². The highest BCUT2D eigenvalue weighted by Gasteiger charge is 2.08. The molecule has 0 aliphatic heterocycles. The van der Waals surface area contributed by atoms with Crippen molar-refractivity contribution in [3.63, 3.8) is 0 Å². The summed E-state index contributed by atoms with van der Waals surface area (Å²) >= 11 is 0. The third kappa shape index (κ3) is 5.07. The molecule has 0 saturated heterocycles. The highest BCUT2D eigenvalue weighted by atomic mass is 16.5. The molecule has 0 aromatic heterocycles.